The molecule has 2 aromatic carbocycles. The highest BCUT2D eigenvalue weighted by Gasteiger charge is 2.30. The fourth-order valence-electron chi connectivity index (χ4n) is 3.77. The number of carbonyl (C=O) groups is 1. The molecule has 4 aromatic rings. The maximum atomic E-state index is 12.9. The fraction of sp³-hybridized carbons (Fsp3) is 0.192. The number of alkyl halides is 3. The zero-order chi connectivity index (χ0) is 25.2. The van der Waals surface area contributed by atoms with Gasteiger partial charge in [-0.25, -0.2) is 9.67 Å². The molecule has 0 aliphatic rings. The van der Waals surface area contributed by atoms with Gasteiger partial charge in [0.05, 0.1) is 23.9 Å². The first kappa shape index (κ1) is 24.0. The lowest BCUT2D eigenvalue weighted by Gasteiger charge is -2.11. The van der Waals surface area contributed by atoms with Gasteiger partial charge in [-0.2, -0.15) is 18.3 Å². The third kappa shape index (κ3) is 5.51. The van der Waals surface area contributed by atoms with Crippen molar-refractivity contribution in [2.75, 3.05) is 17.7 Å². The Hall–Kier alpha value is -4.14. The van der Waals surface area contributed by atoms with Crippen molar-refractivity contribution < 1.29 is 18.0 Å². The van der Waals surface area contributed by atoms with Gasteiger partial charge in [0.15, 0.2) is 0 Å². The van der Waals surface area contributed by atoms with Gasteiger partial charge in [0.1, 0.15) is 5.82 Å². The Balaban J connectivity index is 1.53. The van der Waals surface area contributed by atoms with Crippen molar-refractivity contribution in [3.05, 3.63) is 89.4 Å². The highest BCUT2D eigenvalue weighted by molar-refractivity contribution is 5.92. The number of pyridine rings is 1. The lowest BCUT2D eigenvalue weighted by molar-refractivity contribution is -0.137. The molecule has 0 radical (unpaired) electrons. The number of aryl methyl sites for hydroxylation is 2. The van der Waals surface area contributed by atoms with Crippen molar-refractivity contribution >= 4 is 17.4 Å². The van der Waals surface area contributed by atoms with Gasteiger partial charge in [0, 0.05) is 36.3 Å². The molecule has 0 atom stereocenters. The lowest BCUT2D eigenvalue weighted by Crippen LogP contribution is -2.15. The quantitative estimate of drug-likeness (QED) is 0.367. The number of halogens is 3. The summed E-state index contributed by atoms with van der Waals surface area (Å²) >= 11 is 0. The number of rotatable bonds is 6. The summed E-state index contributed by atoms with van der Waals surface area (Å²) < 4.78 is 40.6. The monoisotopic (exact) mass is 479 g/mol. The average molecular weight is 480 g/mol. The molecule has 0 fully saturated rings. The number of nitrogens with one attached hydrogen (secondary N) is 2. The standard InChI is InChI=1S/C26H24F3N5O/c1-16-7-8-21(33-25(35)11-18-5-4-6-20(10-18)26(27,28)29)12-23(16)34-15-19(13-32-34)22-14-31-24(30-3)9-17(22)2/h4-10,12-15H,11H2,1-3H3,(H,30,31)(H,33,35). The molecule has 180 valence electrons. The van der Waals surface area contributed by atoms with E-state index in [2.05, 4.69) is 20.7 Å². The maximum Gasteiger partial charge on any atom is 0.416 e. The SMILES string of the molecule is CNc1cc(C)c(-c2cnn(-c3cc(NC(=O)Cc4cccc(C(F)(F)F)c4)ccc3C)c2)cn1. The fourth-order valence-corrected chi connectivity index (χ4v) is 3.77. The molecule has 0 bridgehead atoms. The van der Waals surface area contributed by atoms with E-state index in [0.717, 1.165) is 45.9 Å². The van der Waals surface area contributed by atoms with Crippen LogP contribution in [0.15, 0.2) is 67.1 Å². The van der Waals surface area contributed by atoms with Crippen LogP contribution in [0.4, 0.5) is 24.7 Å². The number of nitrogens with zero attached hydrogens (tertiary/aromatic N) is 3. The average Bonchev–Trinajstić information content (AvgIpc) is 3.29. The van der Waals surface area contributed by atoms with Crippen molar-refractivity contribution in [2.45, 2.75) is 26.4 Å². The number of anilines is 2. The molecule has 35 heavy (non-hydrogen) atoms. The van der Waals surface area contributed by atoms with Crippen molar-refractivity contribution in [1.29, 1.82) is 0 Å². The van der Waals surface area contributed by atoms with Crippen LogP contribution >= 0.6 is 0 Å². The van der Waals surface area contributed by atoms with Crippen molar-refractivity contribution in [1.82, 2.24) is 14.8 Å². The van der Waals surface area contributed by atoms with E-state index in [0.29, 0.717) is 5.69 Å². The van der Waals surface area contributed by atoms with Crippen LogP contribution in [-0.2, 0) is 17.4 Å². The zero-order valence-electron chi connectivity index (χ0n) is 19.4. The van der Waals surface area contributed by atoms with Crippen LogP contribution < -0.4 is 10.6 Å². The molecule has 0 aliphatic heterocycles. The van der Waals surface area contributed by atoms with Gasteiger partial charge in [-0.1, -0.05) is 24.3 Å². The molecule has 1 amide bonds. The van der Waals surface area contributed by atoms with Crippen LogP contribution in [0.1, 0.15) is 22.3 Å². The van der Waals surface area contributed by atoms with E-state index in [4.69, 9.17) is 0 Å². The molecule has 2 aromatic heterocycles. The van der Waals surface area contributed by atoms with Gasteiger partial charge < -0.3 is 10.6 Å². The summed E-state index contributed by atoms with van der Waals surface area (Å²) in [7, 11) is 1.81. The molecular weight excluding hydrogens is 455 g/mol. The van der Waals surface area contributed by atoms with Crippen LogP contribution in [0.25, 0.3) is 16.8 Å². The second-order valence-electron chi connectivity index (χ2n) is 8.23. The first-order valence-corrected chi connectivity index (χ1v) is 10.9. The van der Waals surface area contributed by atoms with E-state index >= 15 is 0 Å². The lowest BCUT2D eigenvalue weighted by atomic mass is 10.1. The normalized spacial score (nSPS) is 11.4. The van der Waals surface area contributed by atoms with Crippen molar-refractivity contribution in [3.63, 3.8) is 0 Å². The van der Waals surface area contributed by atoms with E-state index in [9.17, 15) is 18.0 Å². The summed E-state index contributed by atoms with van der Waals surface area (Å²) in [5.74, 6) is 0.370. The Morgan fingerprint density at radius 2 is 1.83 bits per heavy atom. The second kappa shape index (κ2) is 9.61. The van der Waals surface area contributed by atoms with Gasteiger partial charge in [-0.05, 0) is 54.8 Å². The largest absolute Gasteiger partial charge is 0.416 e. The highest BCUT2D eigenvalue weighted by atomic mass is 19.4. The minimum absolute atomic E-state index is 0.173. The highest BCUT2D eigenvalue weighted by Crippen LogP contribution is 2.30. The molecule has 6 nitrogen and oxygen atoms in total. The Morgan fingerprint density at radius 3 is 2.54 bits per heavy atom. The molecule has 2 N–H and O–H groups in total. The van der Waals surface area contributed by atoms with Crippen LogP contribution in [0.2, 0.25) is 0 Å². The molecule has 2 heterocycles. The van der Waals surface area contributed by atoms with Crippen molar-refractivity contribution in [2.24, 2.45) is 0 Å². The summed E-state index contributed by atoms with van der Waals surface area (Å²) in [5.41, 5.74) is 4.65. The minimum Gasteiger partial charge on any atom is -0.373 e. The van der Waals surface area contributed by atoms with Crippen LogP contribution in [0.3, 0.4) is 0 Å². The number of aromatic nitrogens is 3. The van der Waals surface area contributed by atoms with Gasteiger partial charge in [-0.3, -0.25) is 4.79 Å². The second-order valence-corrected chi connectivity index (χ2v) is 8.23. The summed E-state index contributed by atoms with van der Waals surface area (Å²) in [4.78, 5) is 16.9. The van der Waals surface area contributed by atoms with Gasteiger partial charge in [0.2, 0.25) is 5.91 Å². The Kier molecular flexibility index (Phi) is 6.59. The number of hydrogen-bond donors (Lipinski definition) is 2. The maximum absolute atomic E-state index is 12.9. The summed E-state index contributed by atoms with van der Waals surface area (Å²) in [6.45, 7) is 3.93. The summed E-state index contributed by atoms with van der Waals surface area (Å²) in [6.07, 6.45) is 0.805. The van der Waals surface area contributed by atoms with Gasteiger partial charge in [-0.15, -0.1) is 0 Å². The number of benzene rings is 2. The third-order valence-electron chi connectivity index (χ3n) is 5.62. The molecular formula is C26H24F3N5O. The van der Waals surface area contributed by atoms with E-state index in [-0.39, 0.29) is 12.0 Å². The van der Waals surface area contributed by atoms with Crippen molar-refractivity contribution in [3.8, 4) is 16.8 Å². The van der Waals surface area contributed by atoms with Crippen LogP contribution in [-0.4, -0.2) is 27.7 Å². The molecule has 0 spiro atoms. The summed E-state index contributed by atoms with van der Waals surface area (Å²) in [6, 6.07) is 12.1. The number of carbonyl (C=O) groups excluding carboxylic acids is 1. The van der Waals surface area contributed by atoms with Crippen LogP contribution in [0, 0.1) is 13.8 Å². The Bertz CT molecular complexity index is 1380. The smallest absolute Gasteiger partial charge is 0.373 e. The predicted molar refractivity (Wildman–Crippen MR) is 130 cm³/mol. The molecule has 4 rings (SSSR count). The Labute approximate surface area is 200 Å². The Morgan fingerprint density at radius 1 is 1.03 bits per heavy atom. The van der Waals surface area contributed by atoms with E-state index in [1.807, 2.05) is 39.2 Å². The third-order valence-corrected chi connectivity index (χ3v) is 5.62. The predicted octanol–water partition coefficient (Wildman–Crippen LogP) is 5.79. The van der Waals surface area contributed by atoms with Crippen LogP contribution in [0.5, 0.6) is 0 Å². The van der Waals surface area contributed by atoms with E-state index < -0.39 is 17.6 Å². The number of hydrogen-bond acceptors (Lipinski definition) is 4. The van der Waals surface area contributed by atoms with E-state index in [1.54, 1.807) is 29.2 Å². The molecule has 0 unspecified atom stereocenters. The van der Waals surface area contributed by atoms with Gasteiger partial charge >= 0.3 is 6.18 Å². The first-order chi connectivity index (χ1) is 16.6. The molecule has 0 saturated heterocycles. The minimum atomic E-state index is -4.45. The summed E-state index contributed by atoms with van der Waals surface area (Å²) in [5, 5.41) is 10.3. The van der Waals surface area contributed by atoms with E-state index in [1.165, 1.54) is 12.1 Å². The first-order valence-electron chi connectivity index (χ1n) is 10.9. The molecule has 0 aliphatic carbocycles. The zero-order valence-corrected chi connectivity index (χ0v) is 19.4. The van der Waals surface area contributed by atoms with Gasteiger partial charge in [0.25, 0.3) is 0 Å². The topological polar surface area (TPSA) is 71.8 Å². The molecule has 9 heteroatoms. The molecule has 0 saturated carbocycles. The number of amides is 1.